The zero-order valence-electron chi connectivity index (χ0n) is 50.6. The Bertz CT molecular complexity index is 4750. The standard InChI is InChI=1S/C77H71IN4O3/c1-12-77(11)62-41-51(82(50-35-33-49(34-36-50)76(9,10)78)74-61(40-46(3)44-80-74)57-27-20-25-55-53-22-14-17-29-66(53)84-71(55)57)37-38-58(62)68-63(77)42-64(69-59-23-15-18-30-67(59)85-72(68)69)81(48(5)32-31-47(4)75(6,7)8)73-60(39-45(2)43-79-73)56-26-19-24-54-52-21-13-16-28-65(52)83-70(54)56/h13-14,16-22,24-33,35,37-44H,12,15,23,34,36H2,1-11H3/b47-31+,48-32+. The van der Waals surface area contributed by atoms with Crippen molar-refractivity contribution in [1.82, 2.24) is 9.97 Å². The fourth-order valence-electron chi connectivity index (χ4n) is 13.5. The Morgan fingerprint density at radius 1 is 0.635 bits per heavy atom. The van der Waals surface area contributed by atoms with Crippen LogP contribution in [-0.4, -0.2) is 13.4 Å². The van der Waals surface area contributed by atoms with E-state index >= 15 is 0 Å². The molecule has 0 fully saturated rings. The van der Waals surface area contributed by atoms with Crippen molar-refractivity contribution >= 4 is 107 Å². The molecule has 3 aliphatic rings. The first-order valence-corrected chi connectivity index (χ1v) is 31.2. The molecule has 7 nitrogen and oxygen atoms in total. The molecule has 0 saturated carbocycles. The summed E-state index contributed by atoms with van der Waals surface area (Å²) in [5.74, 6) is 2.61. The number of anilines is 4. The zero-order valence-corrected chi connectivity index (χ0v) is 52.8. The number of para-hydroxylation sites is 4. The summed E-state index contributed by atoms with van der Waals surface area (Å²) in [7, 11) is 0. The van der Waals surface area contributed by atoms with E-state index in [-0.39, 0.29) is 8.84 Å². The maximum Gasteiger partial charge on any atom is 0.145 e. The van der Waals surface area contributed by atoms with Crippen LogP contribution in [0, 0.1) is 19.3 Å². The molecular weight excluding hydrogens is 1160 g/mol. The number of halogens is 1. The third-order valence-corrected chi connectivity index (χ3v) is 19.4. The minimum Gasteiger partial charge on any atom is -0.456 e. The number of pyridine rings is 2. The van der Waals surface area contributed by atoms with Gasteiger partial charge < -0.3 is 13.3 Å². The second kappa shape index (κ2) is 20.5. The van der Waals surface area contributed by atoms with E-state index in [4.69, 9.17) is 23.2 Å². The molecule has 0 N–H and O–H groups in total. The van der Waals surface area contributed by atoms with Crippen molar-refractivity contribution in [2.75, 3.05) is 9.80 Å². The SMILES string of the molecule is CCC1(C)c2cc(N(C3=CC=C(C(C)(C)I)CC3)c3ncc(C)cc3-c3cccc4c3oc3ccccc34)ccc2-c2c1cc(N(/C(C)=C/C=C(\C)C(C)(C)C)c1ncc(C)cc1-c1cccc3c1oc1ccccc13)c1c3c(oc21)C=CCC3. The van der Waals surface area contributed by atoms with E-state index in [2.05, 4.69) is 254 Å². The lowest BCUT2D eigenvalue weighted by Crippen LogP contribution is -2.24. The van der Waals surface area contributed by atoms with Gasteiger partial charge in [-0.25, -0.2) is 9.97 Å². The molecule has 0 aliphatic heterocycles. The first-order chi connectivity index (χ1) is 40.9. The number of fused-ring (bicyclic) bond motifs is 13. The van der Waals surface area contributed by atoms with E-state index in [0.717, 1.165) is 160 Å². The van der Waals surface area contributed by atoms with Crippen LogP contribution in [0.15, 0.2) is 200 Å². The lowest BCUT2D eigenvalue weighted by Gasteiger charge is -2.34. The van der Waals surface area contributed by atoms with Gasteiger partial charge in [-0.1, -0.05) is 165 Å². The molecule has 6 aromatic carbocycles. The first kappa shape index (κ1) is 54.7. The molecule has 14 rings (SSSR count). The van der Waals surface area contributed by atoms with Crippen LogP contribution < -0.4 is 9.80 Å². The van der Waals surface area contributed by atoms with Gasteiger partial charge in [0.25, 0.3) is 0 Å². The van der Waals surface area contributed by atoms with Crippen molar-refractivity contribution in [2.45, 2.75) is 117 Å². The van der Waals surface area contributed by atoms with E-state index in [1.165, 1.54) is 39.1 Å². The molecule has 0 saturated heterocycles. The topological polar surface area (TPSA) is 71.7 Å². The fraction of sp³-hybridized carbons (Fsp3) is 0.247. The lowest BCUT2D eigenvalue weighted by atomic mass is 9.77. The molecule has 8 heteroatoms. The fourth-order valence-corrected chi connectivity index (χ4v) is 13.9. The molecule has 0 radical (unpaired) electrons. The highest BCUT2D eigenvalue weighted by atomic mass is 127. The molecule has 0 spiro atoms. The van der Waals surface area contributed by atoms with E-state index in [0.29, 0.717) is 0 Å². The maximum absolute atomic E-state index is 7.39. The Kier molecular flexibility index (Phi) is 13.2. The lowest BCUT2D eigenvalue weighted by molar-refractivity contribution is 0.504. The molecule has 5 heterocycles. The van der Waals surface area contributed by atoms with Crippen molar-refractivity contribution < 1.29 is 13.3 Å². The van der Waals surface area contributed by atoms with Crippen molar-refractivity contribution in [3.8, 4) is 33.4 Å². The number of rotatable bonds is 11. The number of furan rings is 3. The number of hydrogen-bond acceptors (Lipinski definition) is 7. The first-order valence-electron chi connectivity index (χ1n) is 30.1. The van der Waals surface area contributed by atoms with Gasteiger partial charge in [-0.3, -0.25) is 9.80 Å². The van der Waals surface area contributed by atoms with Gasteiger partial charge in [0.15, 0.2) is 0 Å². The summed E-state index contributed by atoms with van der Waals surface area (Å²) in [5, 5.41) is 5.49. The molecule has 1 atom stereocenters. The normalized spacial score (nSPS) is 16.4. The van der Waals surface area contributed by atoms with E-state index in [1.807, 2.05) is 24.5 Å². The number of aryl methyl sites for hydroxylation is 3. The largest absolute Gasteiger partial charge is 0.456 e. The molecule has 424 valence electrons. The van der Waals surface area contributed by atoms with Gasteiger partial charge in [0, 0.05) is 98.6 Å². The maximum atomic E-state index is 7.39. The Morgan fingerprint density at radius 2 is 1.26 bits per heavy atom. The number of allylic oxidation sites excluding steroid dienone is 9. The zero-order chi connectivity index (χ0) is 58.8. The minimum atomic E-state index is -0.448. The van der Waals surface area contributed by atoms with Crippen LogP contribution in [0.25, 0.3) is 94.3 Å². The molecule has 5 aromatic heterocycles. The average Bonchev–Trinajstić information content (AvgIpc) is 1.93. The number of hydrogen-bond donors (Lipinski definition) is 0. The summed E-state index contributed by atoms with van der Waals surface area (Å²) in [6, 6.07) is 44.0. The predicted octanol–water partition coefficient (Wildman–Crippen LogP) is 22.6. The molecule has 11 aromatic rings. The smallest absolute Gasteiger partial charge is 0.145 e. The van der Waals surface area contributed by atoms with Crippen LogP contribution in [0.5, 0.6) is 0 Å². The van der Waals surface area contributed by atoms with Crippen LogP contribution in [0.4, 0.5) is 23.0 Å². The molecule has 85 heavy (non-hydrogen) atoms. The summed E-state index contributed by atoms with van der Waals surface area (Å²) in [6.07, 6.45) is 22.2. The second-order valence-electron chi connectivity index (χ2n) is 25.6. The summed E-state index contributed by atoms with van der Waals surface area (Å²) >= 11 is 2.59. The van der Waals surface area contributed by atoms with Gasteiger partial charge in [0.05, 0.1) is 5.69 Å². The molecule has 3 aliphatic carbocycles. The predicted molar refractivity (Wildman–Crippen MR) is 364 cm³/mol. The molecule has 1 unspecified atom stereocenters. The van der Waals surface area contributed by atoms with Crippen molar-refractivity contribution in [2.24, 2.45) is 5.41 Å². The number of benzene rings is 6. The average molecular weight is 1230 g/mol. The van der Waals surface area contributed by atoms with Gasteiger partial charge in [-0.2, -0.15) is 0 Å². The Hall–Kier alpha value is -8.21. The van der Waals surface area contributed by atoms with Crippen LogP contribution >= 0.6 is 22.6 Å². The Balaban J connectivity index is 1.01. The van der Waals surface area contributed by atoms with Gasteiger partial charge in [0.2, 0.25) is 0 Å². The molecule has 0 amide bonds. The molecular formula is C77H71IN4O3. The summed E-state index contributed by atoms with van der Waals surface area (Å²) in [4.78, 5) is 15.8. The monoisotopic (exact) mass is 1230 g/mol. The number of nitrogens with zero attached hydrogens (tertiary/aromatic N) is 4. The van der Waals surface area contributed by atoms with Crippen LogP contribution in [-0.2, 0) is 11.8 Å². The highest BCUT2D eigenvalue weighted by Gasteiger charge is 2.43. The Morgan fingerprint density at radius 3 is 1.87 bits per heavy atom. The quantitative estimate of drug-likeness (QED) is 0.0726. The van der Waals surface area contributed by atoms with E-state index < -0.39 is 5.41 Å². The van der Waals surface area contributed by atoms with Gasteiger partial charge >= 0.3 is 0 Å². The minimum absolute atomic E-state index is 0.0216. The summed E-state index contributed by atoms with van der Waals surface area (Å²) < 4.78 is 21.0. The molecule has 0 bridgehead atoms. The van der Waals surface area contributed by atoms with E-state index in [9.17, 15) is 0 Å². The van der Waals surface area contributed by atoms with Gasteiger partial charge in [-0.15, -0.1) is 0 Å². The van der Waals surface area contributed by atoms with Gasteiger partial charge in [-0.05, 0) is 168 Å². The summed E-state index contributed by atoms with van der Waals surface area (Å²) in [6.45, 7) is 25.0. The van der Waals surface area contributed by atoms with Crippen molar-refractivity contribution in [3.05, 3.63) is 220 Å². The van der Waals surface area contributed by atoms with Crippen molar-refractivity contribution in [3.63, 3.8) is 0 Å². The highest BCUT2D eigenvalue weighted by Crippen LogP contribution is 2.59. The Labute approximate surface area is 512 Å². The number of aromatic nitrogens is 2. The van der Waals surface area contributed by atoms with Gasteiger partial charge in [0.1, 0.15) is 45.3 Å². The third kappa shape index (κ3) is 9.03. The van der Waals surface area contributed by atoms with Crippen molar-refractivity contribution in [1.29, 1.82) is 0 Å². The summed E-state index contributed by atoms with van der Waals surface area (Å²) in [5.41, 5.74) is 23.2. The number of alkyl halides is 1. The van der Waals surface area contributed by atoms with E-state index in [1.54, 1.807) is 0 Å². The van der Waals surface area contributed by atoms with Crippen LogP contribution in [0.2, 0.25) is 0 Å². The third-order valence-electron chi connectivity index (χ3n) is 18.7. The van der Waals surface area contributed by atoms with Crippen LogP contribution in [0.3, 0.4) is 0 Å². The highest BCUT2D eigenvalue weighted by molar-refractivity contribution is 14.1. The second-order valence-corrected chi connectivity index (χ2v) is 28.3. The van der Waals surface area contributed by atoms with Crippen LogP contribution in [0.1, 0.15) is 122 Å².